The molecule has 6 nitrogen and oxygen atoms in total. The summed E-state index contributed by atoms with van der Waals surface area (Å²) in [5.74, 6) is 7.46. The van der Waals surface area contributed by atoms with E-state index >= 15 is 0 Å². The van der Waals surface area contributed by atoms with Crippen molar-refractivity contribution in [2.75, 3.05) is 6.54 Å². The highest BCUT2D eigenvalue weighted by atomic mass is 16.2. The average Bonchev–Trinajstić information content (AvgIpc) is 2.67. The largest absolute Gasteiger partial charge is 0.331 e. The molecule has 3 N–H and O–H groups in total. The molecule has 3 heterocycles. The Hall–Kier alpha value is -2.31. The van der Waals surface area contributed by atoms with Crippen LogP contribution in [0, 0.1) is 11.8 Å². The average molecular weight is 337 g/mol. The van der Waals surface area contributed by atoms with Crippen molar-refractivity contribution < 1.29 is 4.79 Å². The van der Waals surface area contributed by atoms with E-state index in [1.807, 2.05) is 29.2 Å². The van der Waals surface area contributed by atoms with Crippen molar-refractivity contribution in [1.29, 1.82) is 0 Å². The highest BCUT2D eigenvalue weighted by Crippen LogP contribution is 2.47. The maximum atomic E-state index is 13.5. The van der Waals surface area contributed by atoms with E-state index in [0.717, 1.165) is 18.4 Å². The summed E-state index contributed by atoms with van der Waals surface area (Å²) in [6, 6.07) is 9.81. The first-order valence-electron chi connectivity index (χ1n) is 8.83. The lowest BCUT2D eigenvalue weighted by atomic mass is 9.62. The highest BCUT2D eigenvalue weighted by Gasteiger charge is 2.51. The van der Waals surface area contributed by atoms with Gasteiger partial charge < -0.3 is 4.90 Å². The van der Waals surface area contributed by atoms with Gasteiger partial charge in [0, 0.05) is 36.6 Å². The second-order valence-corrected chi connectivity index (χ2v) is 7.05. The third kappa shape index (κ3) is 2.71. The first-order chi connectivity index (χ1) is 12.2. The van der Waals surface area contributed by atoms with E-state index in [1.165, 1.54) is 0 Å². The van der Waals surface area contributed by atoms with Crippen LogP contribution in [0.4, 0.5) is 0 Å². The number of hydrazine groups is 1. The summed E-state index contributed by atoms with van der Waals surface area (Å²) in [4.78, 5) is 24.2. The number of fused-ring (bicyclic) bond motifs is 2. The van der Waals surface area contributed by atoms with Crippen LogP contribution in [0.2, 0.25) is 0 Å². The number of amides is 1. The summed E-state index contributed by atoms with van der Waals surface area (Å²) in [5.41, 5.74) is 4.20. The Kier molecular flexibility index (Phi) is 4.23. The third-order valence-corrected chi connectivity index (χ3v) is 5.77. The molecule has 1 aromatic carbocycles. The maximum Gasteiger partial charge on any atom is 0.255 e. The minimum atomic E-state index is 0.0540. The van der Waals surface area contributed by atoms with Gasteiger partial charge in [0.05, 0.1) is 5.56 Å². The molecule has 2 bridgehead atoms. The Morgan fingerprint density at radius 2 is 2.00 bits per heavy atom. The van der Waals surface area contributed by atoms with Crippen LogP contribution < -0.4 is 11.3 Å². The van der Waals surface area contributed by atoms with Gasteiger partial charge in [-0.2, -0.15) is 0 Å². The maximum absolute atomic E-state index is 13.5. The Morgan fingerprint density at radius 1 is 1.24 bits per heavy atom. The minimum Gasteiger partial charge on any atom is -0.331 e. The summed E-state index contributed by atoms with van der Waals surface area (Å²) in [6.07, 6.45) is 5.50. The Labute approximate surface area is 147 Å². The number of benzene rings is 1. The van der Waals surface area contributed by atoms with Gasteiger partial charge in [0.2, 0.25) is 0 Å². The Balaban J connectivity index is 1.71. The van der Waals surface area contributed by atoms with E-state index in [9.17, 15) is 4.79 Å². The highest BCUT2D eigenvalue weighted by molar-refractivity contribution is 6.00. The molecule has 1 unspecified atom stereocenters. The zero-order valence-electron chi connectivity index (χ0n) is 14.3. The number of carbonyl (C=O) groups excluding carboxylic acids is 1. The van der Waals surface area contributed by atoms with E-state index in [4.69, 9.17) is 5.84 Å². The summed E-state index contributed by atoms with van der Waals surface area (Å²) >= 11 is 0. The standard InChI is InChI=1S/C19H23N5O/c1-12-13-9-14(11-23-20)24(17(12)10-13)19(25)16-6-3-2-5-15(16)18-21-7-4-8-22-18/h2-8,12-14,17,23H,9-11,20H2,1H3/t12-,13?,14-,17+/m0/s1. The lowest BCUT2D eigenvalue weighted by molar-refractivity contribution is -0.0611. The van der Waals surface area contributed by atoms with Gasteiger partial charge in [-0.3, -0.25) is 16.1 Å². The predicted octanol–water partition coefficient (Wildman–Crippen LogP) is 1.85. The van der Waals surface area contributed by atoms with E-state index in [2.05, 4.69) is 22.3 Å². The summed E-state index contributed by atoms with van der Waals surface area (Å²) < 4.78 is 0. The molecule has 1 aliphatic carbocycles. The summed E-state index contributed by atoms with van der Waals surface area (Å²) in [7, 11) is 0. The van der Waals surface area contributed by atoms with Crippen molar-refractivity contribution in [3.05, 3.63) is 48.3 Å². The molecule has 2 aromatic rings. The van der Waals surface area contributed by atoms with Crippen LogP contribution in [0.5, 0.6) is 0 Å². The molecule has 3 aliphatic rings. The molecule has 2 saturated heterocycles. The van der Waals surface area contributed by atoms with Crippen molar-refractivity contribution in [1.82, 2.24) is 20.3 Å². The predicted molar refractivity (Wildman–Crippen MR) is 95.3 cm³/mol. The van der Waals surface area contributed by atoms with Crippen LogP contribution in [0.3, 0.4) is 0 Å². The SMILES string of the molecule is C[C@H]1C2C[C@@H](CNN)N(C(=O)c3ccccc3-c3ncccn3)[C@@H]1C2. The first kappa shape index (κ1) is 16.2. The number of aromatic nitrogens is 2. The number of hydrogen-bond donors (Lipinski definition) is 2. The second-order valence-electron chi connectivity index (χ2n) is 7.05. The molecule has 1 amide bonds. The molecule has 1 aromatic heterocycles. The molecule has 4 atom stereocenters. The number of piperidine rings is 2. The summed E-state index contributed by atoms with van der Waals surface area (Å²) in [6.45, 7) is 2.87. The molecular weight excluding hydrogens is 314 g/mol. The van der Waals surface area contributed by atoms with E-state index in [1.54, 1.807) is 18.5 Å². The number of hydrogen-bond acceptors (Lipinski definition) is 5. The molecule has 1 saturated carbocycles. The van der Waals surface area contributed by atoms with Gasteiger partial charge in [-0.25, -0.2) is 9.97 Å². The van der Waals surface area contributed by atoms with Crippen molar-refractivity contribution in [2.24, 2.45) is 17.7 Å². The quantitative estimate of drug-likeness (QED) is 0.657. The van der Waals surface area contributed by atoms with Gasteiger partial charge in [-0.05, 0) is 36.8 Å². The van der Waals surface area contributed by atoms with Gasteiger partial charge in [0.1, 0.15) is 0 Å². The van der Waals surface area contributed by atoms with Crippen LogP contribution in [0.25, 0.3) is 11.4 Å². The van der Waals surface area contributed by atoms with Gasteiger partial charge in [0.15, 0.2) is 5.82 Å². The van der Waals surface area contributed by atoms with Gasteiger partial charge in [-0.1, -0.05) is 25.1 Å². The molecule has 0 spiro atoms. The van der Waals surface area contributed by atoms with Gasteiger partial charge in [-0.15, -0.1) is 0 Å². The molecule has 6 heteroatoms. The fourth-order valence-corrected chi connectivity index (χ4v) is 4.35. The third-order valence-electron chi connectivity index (χ3n) is 5.77. The monoisotopic (exact) mass is 337 g/mol. The lowest BCUT2D eigenvalue weighted by Crippen LogP contribution is -2.65. The molecule has 2 aliphatic heterocycles. The van der Waals surface area contributed by atoms with Crippen LogP contribution in [-0.4, -0.2) is 39.4 Å². The lowest BCUT2D eigenvalue weighted by Gasteiger charge is -2.58. The zero-order valence-corrected chi connectivity index (χ0v) is 14.3. The van der Waals surface area contributed by atoms with Gasteiger partial charge in [0.25, 0.3) is 5.91 Å². The van der Waals surface area contributed by atoms with Crippen molar-refractivity contribution in [2.45, 2.75) is 31.8 Å². The number of carbonyl (C=O) groups is 1. The van der Waals surface area contributed by atoms with E-state index in [-0.39, 0.29) is 11.9 Å². The topological polar surface area (TPSA) is 84.1 Å². The van der Waals surface area contributed by atoms with Crippen LogP contribution in [0.15, 0.2) is 42.7 Å². The van der Waals surface area contributed by atoms with Crippen LogP contribution in [-0.2, 0) is 0 Å². The number of nitrogens with one attached hydrogen (secondary N) is 1. The van der Waals surface area contributed by atoms with E-state index < -0.39 is 0 Å². The second kappa shape index (κ2) is 6.54. The molecule has 130 valence electrons. The normalized spacial score (nSPS) is 27.7. The number of nitrogens with zero attached hydrogens (tertiary/aromatic N) is 3. The molecule has 3 fully saturated rings. The van der Waals surface area contributed by atoms with Crippen LogP contribution >= 0.6 is 0 Å². The Bertz CT molecular complexity index is 765. The minimum absolute atomic E-state index is 0.0540. The van der Waals surface area contributed by atoms with Crippen LogP contribution in [0.1, 0.15) is 30.1 Å². The molecular formula is C19H23N5O. The van der Waals surface area contributed by atoms with Crippen molar-refractivity contribution in [3.63, 3.8) is 0 Å². The molecule has 25 heavy (non-hydrogen) atoms. The molecule has 5 rings (SSSR count). The van der Waals surface area contributed by atoms with E-state index in [0.29, 0.717) is 35.8 Å². The number of rotatable bonds is 4. The summed E-state index contributed by atoms with van der Waals surface area (Å²) in [5, 5.41) is 0. The molecule has 0 radical (unpaired) electrons. The fraction of sp³-hybridized carbons (Fsp3) is 0.421. The van der Waals surface area contributed by atoms with Crippen molar-refractivity contribution >= 4 is 5.91 Å². The smallest absolute Gasteiger partial charge is 0.255 e. The zero-order chi connectivity index (χ0) is 17.4. The first-order valence-corrected chi connectivity index (χ1v) is 8.83. The fourth-order valence-electron chi connectivity index (χ4n) is 4.35. The number of nitrogens with two attached hydrogens (primary N) is 1. The van der Waals surface area contributed by atoms with Crippen molar-refractivity contribution in [3.8, 4) is 11.4 Å². The van der Waals surface area contributed by atoms with Gasteiger partial charge >= 0.3 is 0 Å². The Morgan fingerprint density at radius 3 is 2.72 bits per heavy atom.